The molecule has 4 N–H and O–H groups in total. The fraction of sp³-hybridized carbons (Fsp3) is 0.240. The molecule has 33 heavy (non-hydrogen) atoms. The molecule has 2 aromatic carbocycles. The number of nitrogens with zero attached hydrogens (tertiary/aromatic N) is 1. The quantitative estimate of drug-likeness (QED) is 0.175. The first-order valence-corrected chi connectivity index (χ1v) is 11.6. The molecular formula is C25H25N3O4S. The van der Waals surface area contributed by atoms with Crippen molar-refractivity contribution in [2.24, 2.45) is 5.16 Å². The van der Waals surface area contributed by atoms with E-state index in [4.69, 9.17) is 10.4 Å². The Balaban J connectivity index is 1.58. The average Bonchev–Trinajstić information content (AvgIpc) is 3.54. The predicted octanol–water partition coefficient (Wildman–Crippen LogP) is 5.18. The number of amides is 2. The van der Waals surface area contributed by atoms with E-state index in [9.17, 15) is 9.59 Å². The van der Waals surface area contributed by atoms with Crippen molar-refractivity contribution in [2.45, 2.75) is 38.0 Å². The molecule has 0 saturated heterocycles. The Hall–Kier alpha value is -3.49. The third-order valence-corrected chi connectivity index (χ3v) is 7.31. The van der Waals surface area contributed by atoms with Crippen LogP contribution in [0.15, 0.2) is 65.1 Å². The highest BCUT2D eigenvalue weighted by Gasteiger charge is 2.42. The first kappa shape index (κ1) is 22.7. The molecule has 4 rings (SSSR count). The first-order valence-electron chi connectivity index (χ1n) is 10.7. The molecule has 0 atom stereocenters. The molecule has 1 aliphatic carbocycles. The van der Waals surface area contributed by atoms with Gasteiger partial charge in [-0.1, -0.05) is 42.3 Å². The van der Waals surface area contributed by atoms with Crippen LogP contribution in [-0.4, -0.2) is 27.9 Å². The number of anilines is 1. The van der Waals surface area contributed by atoms with Crippen molar-refractivity contribution < 1.29 is 20.0 Å². The van der Waals surface area contributed by atoms with Gasteiger partial charge in [0.25, 0.3) is 5.91 Å². The number of nitrogens with one attached hydrogen (secondary N) is 2. The molecule has 8 heteroatoms. The van der Waals surface area contributed by atoms with Gasteiger partial charge >= 0.3 is 0 Å². The van der Waals surface area contributed by atoms with Gasteiger partial charge in [0.15, 0.2) is 0 Å². The van der Waals surface area contributed by atoms with Gasteiger partial charge in [-0.25, -0.2) is 5.48 Å². The zero-order valence-corrected chi connectivity index (χ0v) is 19.0. The number of carbonyl (C=O) groups excluding carboxylic acids is 2. The molecule has 7 nitrogen and oxygen atoms in total. The largest absolute Gasteiger partial charge is 0.411 e. The second-order valence-corrected chi connectivity index (χ2v) is 9.10. The zero-order valence-electron chi connectivity index (χ0n) is 18.2. The Morgan fingerprint density at radius 3 is 2.27 bits per heavy atom. The van der Waals surface area contributed by atoms with E-state index in [1.54, 1.807) is 36.7 Å². The normalized spacial score (nSPS) is 15.3. The van der Waals surface area contributed by atoms with Gasteiger partial charge in [-0.2, -0.15) is 0 Å². The van der Waals surface area contributed by atoms with Crippen LogP contribution in [0.2, 0.25) is 0 Å². The van der Waals surface area contributed by atoms with Crippen LogP contribution in [0.1, 0.15) is 53.4 Å². The average molecular weight is 464 g/mol. The van der Waals surface area contributed by atoms with Crippen LogP contribution < -0.4 is 10.8 Å². The van der Waals surface area contributed by atoms with Crippen molar-refractivity contribution in [1.29, 1.82) is 0 Å². The summed E-state index contributed by atoms with van der Waals surface area (Å²) in [6.07, 6.45) is 3.49. The van der Waals surface area contributed by atoms with E-state index in [2.05, 4.69) is 10.5 Å². The van der Waals surface area contributed by atoms with E-state index >= 15 is 0 Å². The second-order valence-electron chi connectivity index (χ2n) is 8.19. The van der Waals surface area contributed by atoms with E-state index in [1.807, 2.05) is 35.7 Å². The summed E-state index contributed by atoms with van der Waals surface area (Å²) in [5.41, 5.74) is 5.43. The Labute approximate surface area is 195 Å². The first-order chi connectivity index (χ1) is 16.0. The lowest BCUT2D eigenvalue weighted by atomic mass is 9.77. The Morgan fingerprint density at radius 2 is 1.67 bits per heavy atom. The van der Waals surface area contributed by atoms with Crippen LogP contribution in [0.25, 0.3) is 11.1 Å². The molecule has 2 amide bonds. The summed E-state index contributed by atoms with van der Waals surface area (Å²) in [6, 6.07) is 16.5. The third-order valence-electron chi connectivity index (χ3n) is 6.29. The van der Waals surface area contributed by atoms with Gasteiger partial charge in [-0.3, -0.25) is 14.8 Å². The summed E-state index contributed by atoms with van der Waals surface area (Å²) in [4.78, 5) is 25.9. The third kappa shape index (κ3) is 4.40. The van der Waals surface area contributed by atoms with Gasteiger partial charge in [0.1, 0.15) is 0 Å². The molecule has 1 aromatic heterocycles. The van der Waals surface area contributed by atoms with Crippen molar-refractivity contribution >= 4 is 34.6 Å². The molecular weight excluding hydrogens is 438 g/mol. The standard InChI is InChI=1S/C25H25N3O4S/c1-16(27-31)22-21(12-15-33-22)17-4-8-19(9-5-17)25(13-2-3-14-25)24(30)26-20-10-6-18(7-11-20)23(29)28-32/h4-12,15,31-32H,2-3,13-14H2,1H3,(H,26,30)(H,28,29)/b27-16+. The molecule has 0 unspecified atom stereocenters. The van der Waals surface area contributed by atoms with E-state index in [0.29, 0.717) is 17.0 Å². The van der Waals surface area contributed by atoms with E-state index < -0.39 is 11.3 Å². The number of thiophene rings is 1. The molecule has 0 spiro atoms. The van der Waals surface area contributed by atoms with Crippen molar-refractivity contribution in [2.75, 3.05) is 5.32 Å². The summed E-state index contributed by atoms with van der Waals surface area (Å²) in [5.74, 6) is -0.666. The summed E-state index contributed by atoms with van der Waals surface area (Å²) >= 11 is 1.52. The van der Waals surface area contributed by atoms with Crippen LogP contribution in [0.4, 0.5) is 5.69 Å². The van der Waals surface area contributed by atoms with E-state index in [-0.39, 0.29) is 5.91 Å². The number of hydrogen-bond donors (Lipinski definition) is 4. The number of rotatable bonds is 6. The lowest BCUT2D eigenvalue weighted by Crippen LogP contribution is -2.38. The van der Waals surface area contributed by atoms with Gasteiger partial charge in [-0.15, -0.1) is 11.3 Å². The minimum Gasteiger partial charge on any atom is -0.411 e. The fourth-order valence-electron chi connectivity index (χ4n) is 4.48. The number of benzene rings is 2. The summed E-state index contributed by atoms with van der Waals surface area (Å²) < 4.78 is 0. The molecule has 3 aromatic rings. The second kappa shape index (κ2) is 9.56. The highest BCUT2D eigenvalue weighted by Crippen LogP contribution is 2.43. The van der Waals surface area contributed by atoms with Crippen molar-refractivity contribution in [1.82, 2.24) is 5.48 Å². The van der Waals surface area contributed by atoms with Crippen LogP contribution >= 0.6 is 11.3 Å². The molecule has 170 valence electrons. The summed E-state index contributed by atoms with van der Waals surface area (Å²) in [5, 5.41) is 26.2. The molecule has 1 saturated carbocycles. The number of hydrogen-bond acceptors (Lipinski definition) is 6. The number of oxime groups is 1. The number of carbonyl (C=O) groups is 2. The molecule has 1 heterocycles. The highest BCUT2D eigenvalue weighted by molar-refractivity contribution is 7.12. The maximum Gasteiger partial charge on any atom is 0.274 e. The summed E-state index contributed by atoms with van der Waals surface area (Å²) in [6.45, 7) is 1.77. The molecule has 0 radical (unpaired) electrons. The predicted molar refractivity (Wildman–Crippen MR) is 128 cm³/mol. The number of hydroxylamine groups is 1. The maximum atomic E-state index is 13.4. The van der Waals surface area contributed by atoms with Crippen LogP contribution in [-0.2, 0) is 10.2 Å². The van der Waals surface area contributed by atoms with E-state index in [0.717, 1.165) is 47.3 Å². The van der Waals surface area contributed by atoms with Crippen LogP contribution in [0.3, 0.4) is 0 Å². The topological polar surface area (TPSA) is 111 Å². The molecule has 1 fully saturated rings. The molecule has 1 aliphatic rings. The summed E-state index contributed by atoms with van der Waals surface area (Å²) in [7, 11) is 0. The maximum absolute atomic E-state index is 13.4. The lowest BCUT2D eigenvalue weighted by molar-refractivity contribution is -0.121. The molecule has 0 aliphatic heterocycles. The van der Waals surface area contributed by atoms with Crippen molar-refractivity contribution in [3.05, 3.63) is 76.0 Å². The Kier molecular flexibility index (Phi) is 6.57. The SMILES string of the molecule is C/C(=N\O)c1sccc1-c1ccc(C2(C(=O)Nc3ccc(C(=O)NO)cc3)CCCC2)cc1. The minimum absolute atomic E-state index is 0.0633. The zero-order chi connectivity index (χ0) is 23.4. The van der Waals surface area contributed by atoms with Crippen molar-refractivity contribution in [3.63, 3.8) is 0 Å². The minimum atomic E-state index is -0.611. The van der Waals surface area contributed by atoms with Gasteiger partial charge < -0.3 is 10.5 Å². The fourth-order valence-corrected chi connectivity index (χ4v) is 5.34. The molecule has 0 bridgehead atoms. The van der Waals surface area contributed by atoms with Gasteiger partial charge in [0.05, 0.1) is 16.0 Å². The smallest absolute Gasteiger partial charge is 0.274 e. The Morgan fingerprint density at radius 1 is 1.00 bits per heavy atom. The van der Waals surface area contributed by atoms with Gasteiger partial charge in [0, 0.05) is 16.8 Å². The van der Waals surface area contributed by atoms with Crippen molar-refractivity contribution in [3.8, 4) is 11.1 Å². The lowest BCUT2D eigenvalue weighted by Gasteiger charge is -2.28. The van der Waals surface area contributed by atoms with Crippen LogP contribution in [0, 0.1) is 0 Å². The van der Waals surface area contributed by atoms with Gasteiger partial charge in [0.2, 0.25) is 5.91 Å². The Bertz CT molecular complexity index is 1180. The van der Waals surface area contributed by atoms with Crippen LogP contribution in [0.5, 0.6) is 0 Å². The van der Waals surface area contributed by atoms with Gasteiger partial charge in [-0.05, 0) is 66.6 Å². The monoisotopic (exact) mass is 463 g/mol. The van der Waals surface area contributed by atoms with E-state index in [1.165, 1.54) is 11.3 Å². The highest BCUT2D eigenvalue weighted by atomic mass is 32.1.